The Morgan fingerprint density at radius 2 is 1.70 bits per heavy atom. The van der Waals surface area contributed by atoms with Crippen LogP contribution in [0.15, 0.2) is 90.3 Å². The van der Waals surface area contributed by atoms with Crippen molar-refractivity contribution in [1.82, 2.24) is 9.97 Å². The fourth-order valence-electron chi connectivity index (χ4n) is 3.41. The number of halogens is 1. The number of hydrogen-bond acceptors (Lipinski definition) is 6. The molecule has 0 atom stereocenters. The van der Waals surface area contributed by atoms with Gasteiger partial charge in [0.1, 0.15) is 6.61 Å². The molecule has 0 spiro atoms. The van der Waals surface area contributed by atoms with Crippen molar-refractivity contribution >= 4 is 50.6 Å². The summed E-state index contributed by atoms with van der Waals surface area (Å²) in [4.78, 5) is 22.3. The van der Waals surface area contributed by atoms with Gasteiger partial charge in [0.2, 0.25) is 0 Å². The molecule has 3 aromatic carbocycles. The molecule has 1 N–H and O–H groups in total. The molecule has 0 aliphatic heterocycles. The van der Waals surface area contributed by atoms with Crippen LogP contribution in [-0.4, -0.2) is 15.9 Å². The molecular formula is C26H18ClN3O2S. The van der Waals surface area contributed by atoms with Crippen molar-refractivity contribution in [3.05, 3.63) is 107 Å². The number of anilines is 2. The van der Waals surface area contributed by atoms with E-state index in [0.717, 1.165) is 27.3 Å². The predicted molar refractivity (Wildman–Crippen MR) is 133 cm³/mol. The number of thiazole rings is 1. The van der Waals surface area contributed by atoms with Crippen molar-refractivity contribution in [2.45, 2.75) is 6.61 Å². The summed E-state index contributed by atoms with van der Waals surface area (Å²) in [5.74, 6) is -0.422. The minimum atomic E-state index is -0.422. The molecule has 2 heterocycles. The van der Waals surface area contributed by atoms with Crippen molar-refractivity contribution < 1.29 is 9.53 Å². The molecule has 33 heavy (non-hydrogen) atoms. The van der Waals surface area contributed by atoms with E-state index in [4.69, 9.17) is 21.3 Å². The molecule has 2 aromatic heterocycles. The lowest BCUT2D eigenvalue weighted by Gasteiger charge is -2.10. The minimum absolute atomic E-state index is 0.0821. The first kappa shape index (κ1) is 21.1. The molecule has 0 unspecified atom stereocenters. The van der Waals surface area contributed by atoms with Crippen LogP contribution < -0.4 is 5.32 Å². The Balaban J connectivity index is 1.36. The zero-order chi connectivity index (χ0) is 22.6. The highest BCUT2D eigenvalue weighted by molar-refractivity contribution is 7.13. The number of para-hydroxylation sites is 2. The van der Waals surface area contributed by atoms with Gasteiger partial charge in [-0.1, -0.05) is 60.1 Å². The molecule has 162 valence electrons. The van der Waals surface area contributed by atoms with Gasteiger partial charge in [-0.15, -0.1) is 11.3 Å². The lowest BCUT2D eigenvalue weighted by atomic mass is 10.0. The number of rotatable bonds is 6. The summed E-state index contributed by atoms with van der Waals surface area (Å²) in [6, 6.07) is 26.4. The number of carbonyl (C=O) groups excluding carboxylic acids is 1. The number of esters is 1. The zero-order valence-electron chi connectivity index (χ0n) is 17.4. The summed E-state index contributed by atoms with van der Waals surface area (Å²) < 4.78 is 5.62. The standard InChI is InChI=1S/C26H18ClN3O2S/c27-18-12-10-17(11-13-18)24-14-22(21-8-4-5-9-23(21)30-24)25(31)32-15-20-16-33-26(29-20)28-19-6-2-1-3-7-19/h1-14,16H,15H2,(H,28,29). The summed E-state index contributed by atoms with van der Waals surface area (Å²) in [6.07, 6.45) is 0. The molecule has 7 heteroatoms. The summed E-state index contributed by atoms with van der Waals surface area (Å²) in [6.45, 7) is 0.0821. The largest absolute Gasteiger partial charge is 0.456 e. The molecule has 0 bridgehead atoms. The van der Waals surface area contributed by atoms with E-state index in [-0.39, 0.29) is 6.61 Å². The molecule has 0 amide bonds. The van der Waals surface area contributed by atoms with Crippen LogP contribution in [0.2, 0.25) is 5.02 Å². The van der Waals surface area contributed by atoms with Gasteiger partial charge >= 0.3 is 5.97 Å². The molecule has 0 fully saturated rings. The molecule has 0 radical (unpaired) electrons. The van der Waals surface area contributed by atoms with Crippen LogP contribution in [0.5, 0.6) is 0 Å². The van der Waals surface area contributed by atoms with E-state index in [1.54, 1.807) is 18.2 Å². The Morgan fingerprint density at radius 1 is 0.939 bits per heavy atom. The predicted octanol–water partition coefficient (Wildman–Crippen LogP) is 7.11. The van der Waals surface area contributed by atoms with Crippen molar-refractivity contribution in [2.24, 2.45) is 0 Å². The van der Waals surface area contributed by atoms with Crippen LogP contribution in [0, 0.1) is 0 Å². The van der Waals surface area contributed by atoms with Crippen LogP contribution >= 0.6 is 22.9 Å². The second kappa shape index (κ2) is 9.40. The Labute approximate surface area is 199 Å². The van der Waals surface area contributed by atoms with E-state index < -0.39 is 5.97 Å². The average molecular weight is 472 g/mol. The number of aromatic nitrogens is 2. The molecule has 0 aliphatic rings. The Morgan fingerprint density at radius 3 is 2.52 bits per heavy atom. The lowest BCUT2D eigenvalue weighted by Crippen LogP contribution is -2.07. The number of hydrogen-bond donors (Lipinski definition) is 1. The number of nitrogens with one attached hydrogen (secondary N) is 1. The van der Waals surface area contributed by atoms with Crippen molar-refractivity contribution in [3.8, 4) is 11.3 Å². The highest BCUT2D eigenvalue weighted by Gasteiger charge is 2.16. The van der Waals surface area contributed by atoms with E-state index in [1.807, 2.05) is 72.1 Å². The Hall–Kier alpha value is -3.74. The van der Waals surface area contributed by atoms with Crippen LogP contribution in [0.3, 0.4) is 0 Å². The number of carbonyl (C=O) groups is 1. The lowest BCUT2D eigenvalue weighted by molar-refractivity contribution is 0.0471. The van der Waals surface area contributed by atoms with Crippen LogP contribution in [-0.2, 0) is 11.3 Å². The van der Waals surface area contributed by atoms with Crippen LogP contribution in [0.4, 0.5) is 10.8 Å². The number of benzene rings is 3. The van der Waals surface area contributed by atoms with Gasteiger partial charge in [0, 0.05) is 27.0 Å². The highest BCUT2D eigenvalue weighted by Crippen LogP contribution is 2.27. The van der Waals surface area contributed by atoms with Gasteiger partial charge in [-0.25, -0.2) is 14.8 Å². The van der Waals surface area contributed by atoms with E-state index >= 15 is 0 Å². The van der Waals surface area contributed by atoms with Gasteiger partial charge in [-0.2, -0.15) is 0 Å². The second-order valence-corrected chi connectivity index (χ2v) is 8.58. The molecule has 0 saturated heterocycles. The fraction of sp³-hybridized carbons (Fsp3) is 0.0385. The third kappa shape index (κ3) is 4.87. The van der Waals surface area contributed by atoms with Crippen molar-refractivity contribution in [1.29, 1.82) is 0 Å². The van der Waals surface area contributed by atoms with Crippen molar-refractivity contribution in [3.63, 3.8) is 0 Å². The van der Waals surface area contributed by atoms with Gasteiger partial charge in [-0.05, 0) is 36.4 Å². The Bertz CT molecular complexity index is 1420. The first-order valence-electron chi connectivity index (χ1n) is 10.2. The number of nitrogens with zero attached hydrogens (tertiary/aromatic N) is 2. The summed E-state index contributed by atoms with van der Waals surface area (Å²) in [5.41, 5.74) is 4.37. The smallest absolute Gasteiger partial charge is 0.339 e. The maximum atomic E-state index is 13.1. The number of fused-ring (bicyclic) bond motifs is 1. The maximum Gasteiger partial charge on any atom is 0.339 e. The monoisotopic (exact) mass is 471 g/mol. The number of pyridine rings is 1. The Kier molecular flexibility index (Phi) is 6.02. The van der Waals surface area contributed by atoms with E-state index in [0.29, 0.717) is 22.0 Å². The molecule has 0 saturated carbocycles. The van der Waals surface area contributed by atoms with Crippen LogP contribution in [0.25, 0.3) is 22.2 Å². The fourth-order valence-corrected chi connectivity index (χ4v) is 4.25. The van der Waals surface area contributed by atoms with E-state index in [1.165, 1.54) is 11.3 Å². The van der Waals surface area contributed by atoms with Gasteiger partial charge in [0.15, 0.2) is 5.13 Å². The molecule has 5 rings (SSSR count). The third-order valence-electron chi connectivity index (χ3n) is 5.00. The van der Waals surface area contributed by atoms with E-state index in [2.05, 4.69) is 10.3 Å². The van der Waals surface area contributed by atoms with Crippen molar-refractivity contribution in [2.75, 3.05) is 5.32 Å². The van der Waals surface area contributed by atoms with Gasteiger partial charge in [0.25, 0.3) is 0 Å². The third-order valence-corrected chi connectivity index (χ3v) is 6.06. The molecule has 5 aromatic rings. The minimum Gasteiger partial charge on any atom is -0.456 e. The van der Waals surface area contributed by atoms with Gasteiger partial charge in [-0.3, -0.25) is 0 Å². The van der Waals surface area contributed by atoms with Crippen LogP contribution in [0.1, 0.15) is 16.1 Å². The normalized spacial score (nSPS) is 10.8. The van der Waals surface area contributed by atoms with Gasteiger partial charge < -0.3 is 10.1 Å². The highest BCUT2D eigenvalue weighted by atomic mass is 35.5. The average Bonchev–Trinajstić information content (AvgIpc) is 3.30. The van der Waals surface area contributed by atoms with Gasteiger partial charge in [0.05, 0.1) is 22.5 Å². The zero-order valence-corrected chi connectivity index (χ0v) is 18.9. The maximum absolute atomic E-state index is 13.1. The summed E-state index contributed by atoms with van der Waals surface area (Å²) >= 11 is 7.48. The molecule has 0 aliphatic carbocycles. The quantitative estimate of drug-likeness (QED) is 0.267. The first-order valence-corrected chi connectivity index (χ1v) is 11.5. The summed E-state index contributed by atoms with van der Waals surface area (Å²) in [7, 11) is 0. The molecule has 5 nitrogen and oxygen atoms in total. The first-order chi connectivity index (χ1) is 16.2. The number of ether oxygens (including phenoxy) is 1. The molecular weight excluding hydrogens is 454 g/mol. The summed E-state index contributed by atoms with van der Waals surface area (Å²) in [5, 5.41) is 7.25. The SMILES string of the molecule is O=C(OCc1csc(Nc2ccccc2)n1)c1cc(-c2ccc(Cl)cc2)nc2ccccc12. The van der Waals surface area contributed by atoms with E-state index in [9.17, 15) is 4.79 Å². The topological polar surface area (TPSA) is 64.1 Å². The second-order valence-electron chi connectivity index (χ2n) is 7.29.